The van der Waals surface area contributed by atoms with Crippen LogP contribution in [0.3, 0.4) is 0 Å². The maximum absolute atomic E-state index is 9.53. The standard InChI is InChI=1S/C15H25NO3/c1-12(11-19-4)16(9-10-18-3)15-7-5-14(6-8-15)13(2)17/h5-8,12-13,17H,9-11H2,1-4H3. The molecule has 0 aliphatic rings. The van der Waals surface area contributed by atoms with E-state index in [0.717, 1.165) is 17.8 Å². The van der Waals surface area contributed by atoms with Crippen LogP contribution in [0.1, 0.15) is 25.5 Å². The Hall–Kier alpha value is -1.10. The molecule has 0 bridgehead atoms. The molecule has 0 saturated carbocycles. The first kappa shape index (κ1) is 16.0. The quantitative estimate of drug-likeness (QED) is 0.784. The van der Waals surface area contributed by atoms with Gasteiger partial charge in [0.1, 0.15) is 0 Å². The van der Waals surface area contributed by atoms with Crippen molar-refractivity contribution in [3.05, 3.63) is 29.8 Å². The second-order valence-corrected chi connectivity index (χ2v) is 4.76. The lowest BCUT2D eigenvalue weighted by atomic mass is 10.1. The molecule has 0 aliphatic heterocycles. The van der Waals surface area contributed by atoms with Gasteiger partial charge in [0.2, 0.25) is 0 Å². The highest BCUT2D eigenvalue weighted by Crippen LogP contribution is 2.21. The first-order valence-corrected chi connectivity index (χ1v) is 6.62. The normalized spacial score (nSPS) is 14.2. The molecular formula is C15H25NO3. The van der Waals surface area contributed by atoms with Crippen molar-refractivity contribution in [2.75, 3.05) is 38.9 Å². The maximum Gasteiger partial charge on any atom is 0.0761 e. The van der Waals surface area contributed by atoms with Gasteiger partial charge in [0.25, 0.3) is 0 Å². The van der Waals surface area contributed by atoms with E-state index >= 15 is 0 Å². The van der Waals surface area contributed by atoms with Crippen LogP contribution in [-0.2, 0) is 9.47 Å². The van der Waals surface area contributed by atoms with Crippen LogP contribution >= 0.6 is 0 Å². The number of ether oxygens (including phenoxy) is 2. The summed E-state index contributed by atoms with van der Waals surface area (Å²) in [5.74, 6) is 0. The van der Waals surface area contributed by atoms with Crippen molar-refractivity contribution in [1.29, 1.82) is 0 Å². The Morgan fingerprint density at radius 2 is 1.74 bits per heavy atom. The van der Waals surface area contributed by atoms with Gasteiger partial charge in [0.15, 0.2) is 0 Å². The molecule has 1 rings (SSSR count). The minimum Gasteiger partial charge on any atom is -0.389 e. The van der Waals surface area contributed by atoms with Gasteiger partial charge in [-0.2, -0.15) is 0 Å². The number of aliphatic hydroxyl groups excluding tert-OH is 1. The van der Waals surface area contributed by atoms with Crippen LogP contribution in [0.25, 0.3) is 0 Å². The summed E-state index contributed by atoms with van der Waals surface area (Å²) in [6, 6.07) is 8.25. The smallest absolute Gasteiger partial charge is 0.0761 e. The Balaban J connectivity index is 2.83. The first-order valence-electron chi connectivity index (χ1n) is 6.62. The van der Waals surface area contributed by atoms with Gasteiger partial charge in [-0.3, -0.25) is 0 Å². The summed E-state index contributed by atoms with van der Waals surface area (Å²) in [6.45, 7) is 6.05. The van der Waals surface area contributed by atoms with Crippen molar-refractivity contribution < 1.29 is 14.6 Å². The zero-order valence-corrected chi connectivity index (χ0v) is 12.3. The summed E-state index contributed by atoms with van der Waals surface area (Å²) >= 11 is 0. The minimum absolute atomic E-state index is 0.276. The van der Waals surface area contributed by atoms with Crippen molar-refractivity contribution in [1.82, 2.24) is 0 Å². The second kappa shape index (κ2) is 8.15. The van der Waals surface area contributed by atoms with E-state index in [0.29, 0.717) is 13.2 Å². The summed E-state index contributed by atoms with van der Waals surface area (Å²) < 4.78 is 10.4. The fraction of sp³-hybridized carbons (Fsp3) is 0.600. The van der Waals surface area contributed by atoms with Crippen molar-refractivity contribution in [2.45, 2.75) is 26.0 Å². The zero-order chi connectivity index (χ0) is 14.3. The molecule has 2 unspecified atom stereocenters. The van der Waals surface area contributed by atoms with Crippen LogP contribution in [0.4, 0.5) is 5.69 Å². The molecule has 1 N–H and O–H groups in total. The molecule has 0 saturated heterocycles. The molecule has 0 aliphatic carbocycles. The fourth-order valence-corrected chi connectivity index (χ4v) is 2.07. The summed E-state index contributed by atoms with van der Waals surface area (Å²) in [5.41, 5.74) is 2.04. The topological polar surface area (TPSA) is 41.9 Å². The number of anilines is 1. The van der Waals surface area contributed by atoms with E-state index in [1.165, 1.54) is 0 Å². The van der Waals surface area contributed by atoms with E-state index in [2.05, 4.69) is 11.8 Å². The Kier molecular flexibility index (Phi) is 6.84. The number of rotatable bonds is 8. The van der Waals surface area contributed by atoms with Gasteiger partial charge in [0, 0.05) is 32.5 Å². The minimum atomic E-state index is -0.433. The Labute approximate surface area is 115 Å². The van der Waals surface area contributed by atoms with Crippen molar-refractivity contribution in [3.63, 3.8) is 0 Å². The van der Waals surface area contributed by atoms with Crippen LogP contribution in [0.2, 0.25) is 0 Å². The molecule has 2 atom stereocenters. The number of benzene rings is 1. The molecule has 0 fully saturated rings. The van der Waals surface area contributed by atoms with Crippen LogP contribution in [0.15, 0.2) is 24.3 Å². The van der Waals surface area contributed by atoms with Gasteiger partial charge in [-0.15, -0.1) is 0 Å². The lowest BCUT2D eigenvalue weighted by molar-refractivity contribution is 0.171. The highest BCUT2D eigenvalue weighted by Gasteiger charge is 2.14. The first-order chi connectivity index (χ1) is 9.10. The SMILES string of the molecule is COCCN(c1ccc(C(C)O)cc1)C(C)COC. The number of methoxy groups -OCH3 is 2. The maximum atomic E-state index is 9.53. The molecule has 0 aromatic heterocycles. The highest BCUT2D eigenvalue weighted by atomic mass is 16.5. The Morgan fingerprint density at radius 3 is 2.21 bits per heavy atom. The summed E-state index contributed by atoms with van der Waals surface area (Å²) in [7, 11) is 3.41. The predicted octanol–water partition coefficient (Wildman–Crippen LogP) is 2.23. The van der Waals surface area contributed by atoms with Crippen LogP contribution in [0.5, 0.6) is 0 Å². The van der Waals surface area contributed by atoms with Crippen LogP contribution in [0, 0.1) is 0 Å². The fourth-order valence-electron chi connectivity index (χ4n) is 2.07. The third-order valence-electron chi connectivity index (χ3n) is 3.18. The number of nitrogens with zero attached hydrogens (tertiary/aromatic N) is 1. The molecule has 0 spiro atoms. The lowest BCUT2D eigenvalue weighted by Crippen LogP contribution is -2.38. The monoisotopic (exact) mass is 267 g/mol. The zero-order valence-electron chi connectivity index (χ0n) is 12.3. The van der Waals surface area contributed by atoms with Gasteiger partial charge in [-0.05, 0) is 31.5 Å². The molecule has 1 aromatic rings. The van der Waals surface area contributed by atoms with E-state index in [-0.39, 0.29) is 6.04 Å². The summed E-state index contributed by atoms with van der Waals surface area (Å²) in [6.07, 6.45) is -0.433. The molecule has 0 heterocycles. The van der Waals surface area contributed by atoms with Gasteiger partial charge in [-0.25, -0.2) is 0 Å². The average Bonchev–Trinajstić information content (AvgIpc) is 2.40. The average molecular weight is 267 g/mol. The largest absolute Gasteiger partial charge is 0.389 e. The van der Waals surface area contributed by atoms with Gasteiger partial charge in [0.05, 0.1) is 19.3 Å². The van der Waals surface area contributed by atoms with E-state index in [1.54, 1.807) is 21.1 Å². The van der Waals surface area contributed by atoms with Crippen molar-refractivity contribution in [2.24, 2.45) is 0 Å². The molecule has 1 aromatic carbocycles. The summed E-state index contributed by atoms with van der Waals surface area (Å²) in [5, 5.41) is 9.53. The molecular weight excluding hydrogens is 242 g/mol. The van der Waals surface area contributed by atoms with E-state index in [9.17, 15) is 5.11 Å². The number of aliphatic hydroxyl groups is 1. The van der Waals surface area contributed by atoms with E-state index in [4.69, 9.17) is 9.47 Å². The predicted molar refractivity (Wildman–Crippen MR) is 77.6 cm³/mol. The van der Waals surface area contributed by atoms with Crippen molar-refractivity contribution in [3.8, 4) is 0 Å². The number of hydrogen-bond donors (Lipinski definition) is 1. The molecule has 4 nitrogen and oxygen atoms in total. The van der Waals surface area contributed by atoms with Crippen LogP contribution < -0.4 is 4.90 Å². The molecule has 0 radical (unpaired) electrons. The number of hydrogen-bond acceptors (Lipinski definition) is 4. The Bertz CT molecular complexity index is 351. The third-order valence-corrected chi connectivity index (χ3v) is 3.18. The third kappa shape index (κ3) is 4.82. The molecule has 0 amide bonds. The van der Waals surface area contributed by atoms with Gasteiger partial charge >= 0.3 is 0 Å². The Morgan fingerprint density at radius 1 is 1.11 bits per heavy atom. The summed E-state index contributed by atoms with van der Waals surface area (Å²) in [4.78, 5) is 2.25. The second-order valence-electron chi connectivity index (χ2n) is 4.76. The molecule has 4 heteroatoms. The van der Waals surface area contributed by atoms with E-state index in [1.807, 2.05) is 24.3 Å². The van der Waals surface area contributed by atoms with Gasteiger partial charge in [-0.1, -0.05) is 12.1 Å². The lowest BCUT2D eigenvalue weighted by Gasteiger charge is -2.31. The van der Waals surface area contributed by atoms with Gasteiger partial charge < -0.3 is 19.5 Å². The molecule has 108 valence electrons. The highest BCUT2D eigenvalue weighted by molar-refractivity contribution is 5.48. The molecule has 19 heavy (non-hydrogen) atoms. The van der Waals surface area contributed by atoms with Crippen molar-refractivity contribution >= 4 is 5.69 Å². The van der Waals surface area contributed by atoms with Crippen LogP contribution in [-0.4, -0.2) is 45.1 Å². The van der Waals surface area contributed by atoms with E-state index < -0.39 is 6.10 Å².